The van der Waals surface area contributed by atoms with Crippen LogP contribution in [-0.4, -0.2) is 20.7 Å². The van der Waals surface area contributed by atoms with E-state index in [0.29, 0.717) is 5.02 Å². The Kier molecular flexibility index (Phi) is 5.69. The zero-order valence-electron chi connectivity index (χ0n) is 14.9. The SMILES string of the molecule is Cc1ccc(NC(=O)[C@H](C)Sc2nccn2-c2ccc(Cl)cc2)c(C)c1. The van der Waals surface area contributed by atoms with Gasteiger partial charge in [0.15, 0.2) is 5.16 Å². The lowest BCUT2D eigenvalue weighted by Gasteiger charge is -2.14. The molecule has 3 aromatic rings. The minimum absolute atomic E-state index is 0.0485. The maximum Gasteiger partial charge on any atom is 0.237 e. The molecule has 1 N–H and O–H groups in total. The van der Waals surface area contributed by atoms with E-state index in [4.69, 9.17) is 11.6 Å². The molecule has 134 valence electrons. The van der Waals surface area contributed by atoms with E-state index < -0.39 is 0 Å². The number of aryl methyl sites for hydroxylation is 2. The van der Waals surface area contributed by atoms with Crippen molar-refractivity contribution in [1.82, 2.24) is 9.55 Å². The molecule has 3 rings (SSSR count). The standard InChI is InChI=1S/C20H20ClN3OS/c1-13-4-9-18(14(2)12-13)23-19(25)15(3)26-20-22-10-11-24(20)17-7-5-16(21)6-8-17/h4-12,15H,1-3H3,(H,23,25)/t15-/m0/s1. The van der Waals surface area contributed by atoms with Crippen molar-refractivity contribution < 1.29 is 4.79 Å². The summed E-state index contributed by atoms with van der Waals surface area (Å²) >= 11 is 7.37. The number of nitrogens with zero attached hydrogens (tertiary/aromatic N) is 2. The van der Waals surface area contributed by atoms with Crippen molar-refractivity contribution in [3.8, 4) is 5.69 Å². The van der Waals surface area contributed by atoms with Crippen molar-refractivity contribution in [3.63, 3.8) is 0 Å². The Hall–Kier alpha value is -2.24. The summed E-state index contributed by atoms with van der Waals surface area (Å²) in [5.41, 5.74) is 4.02. The Balaban J connectivity index is 1.72. The zero-order valence-corrected chi connectivity index (χ0v) is 16.4. The van der Waals surface area contributed by atoms with Gasteiger partial charge in [0.1, 0.15) is 0 Å². The summed E-state index contributed by atoms with van der Waals surface area (Å²) in [7, 11) is 0. The fraction of sp³-hybridized carbons (Fsp3) is 0.200. The van der Waals surface area contributed by atoms with Gasteiger partial charge in [-0.1, -0.05) is 41.1 Å². The molecule has 1 atom stereocenters. The monoisotopic (exact) mass is 385 g/mol. The number of nitrogens with one attached hydrogen (secondary N) is 1. The second kappa shape index (κ2) is 7.98. The number of carbonyl (C=O) groups excluding carboxylic acids is 1. The van der Waals surface area contributed by atoms with E-state index in [2.05, 4.69) is 16.4 Å². The van der Waals surface area contributed by atoms with Crippen molar-refractivity contribution in [2.45, 2.75) is 31.2 Å². The lowest BCUT2D eigenvalue weighted by Crippen LogP contribution is -2.23. The van der Waals surface area contributed by atoms with E-state index in [1.54, 1.807) is 6.20 Å². The highest BCUT2D eigenvalue weighted by atomic mass is 35.5. The number of benzene rings is 2. The Bertz CT molecular complexity index is 921. The lowest BCUT2D eigenvalue weighted by atomic mass is 10.1. The summed E-state index contributed by atoms with van der Waals surface area (Å²) in [6.07, 6.45) is 3.60. The van der Waals surface area contributed by atoms with Crippen LogP contribution in [0.15, 0.2) is 60.0 Å². The average Bonchev–Trinajstić information content (AvgIpc) is 3.06. The maximum atomic E-state index is 12.6. The highest BCUT2D eigenvalue weighted by Crippen LogP contribution is 2.26. The first kappa shape index (κ1) is 18.5. The summed E-state index contributed by atoms with van der Waals surface area (Å²) < 4.78 is 1.95. The van der Waals surface area contributed by atoms with Crippen LogP contribution >= 0.6 is 23.4 Å². The molecule has 0 fully saturated rings. The predicted octanol–water partition coefficient (Wildman–Crippen LogP) is 5.26. The van der Waals surface area contributed by atoms with Crippen LogP contribution < -0.4 is 5.32 Å². The number of amides is 1. The van der Waals surface area contributed by atoms with Gasteiger partial charge in [-0.2, -0.15) is 0 Å². The van der Waals surface area contributed by atoms with Gasteiger partial charge in [0, 0.05) is 28.8 Å². The topological polar surface area (TPSA) is 46.9 Å². The van der Waals surface area contributed by atoms with E-state index in [1.165, 1.54) is 17.3 Å². The molecule has 2 aromatic carbocycles. The molecule has 0 saturated carbocycles. The van der Waals surface area contributed by atoms with Crippen molar-refractivity contribution in [2.24, 2.45) is 0 Å². The molecule has 0 aliphatic rings. The Morgan fingerprint density at radius 2 is 1.92 bits per heavy atom. The molecule has 1 heterocycles. The first-order valence-corrected chi connectivity index (χ1v) is 9.54. The molecular formula is C20H20ClN3OS. The third kappa shape index (κ3) is 4.29. The molecule has 0 radical (unpaired) electrons. The van der Waals surface area contributed by atoms with Gasteiger partial charge >= 0.3 is 0 Å². The summed E-state index contributed by atoms with van der Waals surface area (Å²) in [6, 6.07) is 13.5. The fourth-order valence-corrected chi connectivity index (χ4v) is 3.58. The maximum absolute atomic E-state index is 12.6. The Morgan fingerprint density at radius 1 is 1.19 bits per heavy atom. The van der Waals surface area contributed by atoms with Gasteiger partial charge < -0.3 is 5.32 Å². The molecule has 0 spiro atoms. The van der Waals surface area contributed by atoms with Gasteiger partial charge in [0.05, 0.1) is 5.25 Å². The van der Waals surface area contributed by atoms with E-state index >= 15 is 0 Å². The van der Waals surface area contributed by atoms with Crippen LogP contribution in [0.4, 0.5) is 5.69 Å². The third-order valence-electron chi connectivity index (χ3n) is 4.00. The number of imidazole rings is 1. The van der Waals surface area contributed by atoms with Crippen LogP contribution in [0.3, 0.4) is 0 Å². The smallest absolute Gasteiger partial charge is 0.237 e. The van der Waals surface area contributed by atoms with Gasteiger partial charge in [-0.25, -0.2) is 4.98 Å². The van der Waals surface area contributed by atoms with Gasteiger partial charge in [0.2, 0.25) is 5.91 Å². The molecule has 26 heavy (non-hydrogen) atoms. The second-order valence-corrected chi connectivity index (χ2v) is 7.87. The van der Waals surface area contributed by atoms with Gasteiger partial charge in [0.25, 0.3) is 0 Å². The molecule has 0 aliphatic carbocycles. The lowest BCUT2D eigenvalue weighted by molar-refractivity contribution is -0.115. The summed E-state index contributed by atoms with van der Waals surface area (Å²) in [5.74, 6) is -0.0485. The van der Waals surface area contributed by atoms with E-state index in [0.717, 1.165) is 22.1 Å². The molecule has 0 bridgehead atoms. The van der Waals surface area contributed by atoms with Crippen molar-refractivity contribution in [3.05, 3.63) is 71.0 Å². The number of thioether (sulfide) groups is 1. The number of carbonyl (C=O) groups is 1. The average molecular weight is 386 g/mol. The van der Waals surface area contributed by atoms with Gasteiger partial charge in [-0.05, 0) is 56.7 Å². The minimum Gasteiger partial charge on any atom is -0.325 e. The summed E-state index contributed by atoms with van der Waals surface area (Å²) in [4.78, 5) is 17.0. The van der Waals surface area contributed by atoms with E-state index in [-0.39, 0.29) is 11.2 Å². The summed E-state index contributed by atoms with van der Waals surface area (Å²) in [6.45, 7) is 5.91. The first-order valence-electron chi connectivity index (χ1n) is 8.28. The van der Waals surface area contributed by atoms with Crippen LogP contribution in [0, 0.1) is 13.8 Å². The highest BCUT2D eigenvalue weighted by molar-refractivity contribution is 8.00. The van der Waals surface area contributed by atoms with E-state index in [9.17, 15) is 4.79 Å². The molecule has 1 aromatic heterocycles. The third-order valence-corrected chi connectivity index (χ3v) is 5.34. The minimum atomic E-state index is -0.288. The molecule has 0 unspecified atom stereocenters. The molecule has 0 aliphatic heterocycles. The summed E-state index contributed by atoms with van der Waals surface area (Å²) in [5, 5.41) is 4.16. The van der Waals surface area contributed by atoms with Gasteiger partial charge in [-0.3, -0.25) is 9.36 Å². The van der Waals surface area contributed by atoms with Gasteiger partial charge in [-0.15, -0.1) is 0 Å². The van der Waals surface area contributed by atoms with Crippen LogP contribution in [0.2, 0.25) is 5.02 Å². The fourth-order valence-electron chi connectivity index (χ4n) is 2.57. The normalized spacial score (nSPS) is 12.0. The van der Waals surface area contributed by atoms with Crippen LogP contribution in [0.1, 0.15) is 18.1 Å². The zero-order chi connectivity index (χ0) is 18.7. The number of rotatable bonds is 5. The van der Waals surface area contributed by atoms with Crippen molar-refractivity contribution in [1.29, 1.82) is 0 Å². The quantitative estimate of drug-likeness (QED) is 0.609. The van der Waals surface area contributed by atoms with Crippen LogP contribution in [0.5, 0.6) is 0 Å². The largest absolute Gasteiger partial charge is 0.325 e. The first-order chi connectivity index (χ1) is 12.4. The second-order valence-electron chi connectivity index (χ2n) is 6.12. The predicted molar refractivity (Wildman–Crippen MR) is 108 cm³/mol. The van der Waals surface area contributed by atoms with Crippen molar-refractivity contribution >= 4 is 35.0 Å². The van der Waals surface area contributed by atoms with E-state index in [1.807, 2.05) is 67.9 Å². The van der Waals surface area contributed by atoms with Crippen molar-refractivity contribution in [2.75, 3.05) is 5.32 Å². The number of hydrogen-bond donors (Lipinski definition) is 1. The Morgan fingerprint density at radius 3 is 2.62 bits per heavy atom. The molecule has 6 heteroatoms. The number of hydrogen-bond acceptors (Lipinski definition) is 3. The molecular weight excluding hydrogens is 366 g/mol. The Labute approximate surface area is 162 Å². The number of aromatic nitrogens is 2. The molecule has 1 amide bonds. The number of halogens is 1. The molecule has 4 nitrogen and oxygen atoms in total. The van der Waals surface area contributed by atoms with Crippen LogP contribution in [-0.2, 0) is 4.79 Å². The molecule has 0 saturated heterocycles. The van der Waals surface area contributed by atoms with Crippen LogP contribution in [0.25, 0.3) is 5.69 Å². The number of anilines is 1. The highest BCUT2D eigenvalue weighted by Gasteiger charge is 2.18.